The zero-order valence-corrected chi connectivity index (χ0v) is 14.8. The van der Waals surface area contributed by atoms with Crippen LogP contribution in [0.5, 0.6) is 0 Å². The summed E-state index contributed by atoms with van der Waals surface area (Å²) >= 11 is 0. The number of carbonyl (C=O) groups is 1. The molecular formula is C18H25F2NO4. The summed E-state index contributed by atoms with van der Waals surface area (Å²) in [7, 11) is 0. The average molecular weight is 357 g/mol. The van der Waals surface area contributed by atoms with E-state index < -0.39 is 36.4 Å². The molecule has 1 heterocycles. The predicted octanol–water partition coefficient (Wildman–Crippen LogP) is 3.52. The van der Waals surface area contributed by atoms with Gasteiger partial charge in [0.1, 0.15) is 18.3 Å². The predicted molar refractivity (Wildman–Crippen MR) is 88.6 cm³/mol. The minimum atomic E-state index is -3.22. The van der Waals surface area contributed by atoms with Crippen molar-refractivity contribution in [3.8, 4) is 0 Å². The highest BCUT2D eigenvalue weighted by Gasteiger charge is 2.49. The van der Waals surface area contributed by atoms with Crippen LogP contribution in [0.4, 0.5) is 13.6 Å². The fourth-order valence-corrected chi connectivity index (χ4v) is 2.57. The standard InChI is InChI=1S/C18H25F2NO4/c1-17(2,3)25-16(22)21-14-9-10-24-15(14)18(19,20)12-23-11-13-7-5-4-6-8-13/h4-8,14-15H,9-12H2,1-3H3,(H,21,22)/t14-,15+/m1/s1. The van der Waals surface area contributed by atoms with E-state index in [1.807, 2.05) is 18.2 Å². The summed E-state index contributed by atoms with van der Waals surface area (Å²) in [6, 6.07) is 8.27. The number of alkyl halides is 2. The molecule has 1 aromatic carbocycles. The molecule has 1 aliphatic heterocycles. The second-order valence-electron chi connectivity index (χ2n) is 7.07. The van der Waals surface area contributed by atoms with Crippen LogP contribution in [0.1, 0.15) is 32.8 Å². The molecule has 0 spiro atoms. The average Bonchev–Trinajstić information content (AvgIpc) is 2.95. The first-order valence-corrected chi connectivity index (χ1v) is 8.28. The second kappa shape index (κ2) is 8.10. The molecule has 1 fully saturated rings. The van der Waals surface area contributed by atoms with Crippen molar-refractivity contribution < 1.29 is 27.8 Å². The highest BCUT2D eigenvalue weighted by molar-refractivity contribution is 5.68. The Labute approximate surface area is 146 Å². The van der Waals surface area contributed by atoms with Crippen LogP contribution < -0.4 is 5.32 Å². The topological polar surface area (TPSA) is 56.8 Å². The van der Waals surface area contributed by atoms with E-state index in [1.54, 1.807) is 32.9 Å². The van der Waals surface area contributed by atoms with Crippen LogP contribution in [0.2, 0.25) is 0 Å². The van der Waals surface area contributed by atoms with Gasteiger partial charge in [-0.15, -0.1) is 0 Å². The molecule has 1 saturated heterocycles. The molecule has 7 heteroatoms. The number of carbonyl (C=O) groups excluding carboxylic acids is 1. The van der Waals surface area contributed by atoms with Gasteiger partial charge in [-0.1, -0.05) is 30.3 Å². The summed E-state index contributed by atoms with van der Waals surface area (Å²) in [5, 5.41) is 2.48. The smallest absolute Gasteiger partial charge is 0.407 e. The molecule has 140 valence electrons. The van der Waals surface area contributed by atoms with E-state index in [2.05, 4.69) is 5.32 Å². The molecule has 2 rings (SSSR count). The van der Waals surface area contributed by atoms with Gasteiger partial charge >= 0.3 is 6.09 Å². The normalized spacial score (nSPS) is 21.2. The maximum Gasteiger partial charge on any atom is 0.407 e. The maximum absolute atomic E-state index is 14.4. The molecule has 2 atom stereocenters. The van der Waals surface area contributed by atoms with Crippen molar-refractivity contribution >= 4 is 6.09 Å². The van der Waals surface area contributed by atoms with E-state index in [1.165, 1.54) is 0 Å². The molecule has 1 aromatic rings. The third kappa shape index (κ3) is 6.25. The van der Waals surface area contributed by atoms with Crippen molar-refractivity contribution in [3.63, 3.8) is 0 Å². The molecule has 1 N–H and O–H groups in total. The largest absolute Gasteiger partial charge is 0.444 e. The summed E-state index contributed by atoms with van der Waals surface area (Å²) in [6.07, 6.45) is -1.86. The Kier molecular flexibility index (Phi) is 6.35. The third-order valence-electron chi connectivity index (χ3n) is 3.62. The first-order valence-electron chi connectivity index (χ1n) is 8.28. The first-order chi connectivity index (χ1) is 11.7. The molecule has 0 aromatic heterocycles. The second-order valence-corrected chi connectivity index (χ2v) is 7.07. The molecule has 1 aliphatic rings. The van der Waals surface area contributed by atoms with Crippen molar-refractivity contribution in [1.82, 2.24) is 5.32 Å². The maximum atomic E-state index is 14.4. The number of alkyl carbamates (subject to hydrolysis) is 1. The van der Waals surface area contributed by atoms with Gasteiger partial charge in [-0.3, -0.25) is 0 Å². The van der Waals surface area contributed by atoms with Crippen LogP contribution in [0.15, 0.2) is 30.3 Å². The van der Waals surface area contributed by atoms with E-state index in [9.17, 15) is 13.6 Å². The number of benzene rings is 1. The lowest BCUT2D eigenvalue weighted by Crippen LogP contribution is -2.51. The van der Waals surface area contributed by atoms with Crippen molar-refractivity contribution in [1.29, 1.82) is 0 Å². The minimum Gasteiger partial charge on any atom is -0.444 e. The number of nitrogens with one attached hydrogen (secondary N) is 1. The van der Waals surface area contributed by atoms with Gasteiger partial charge in [0.25, 0.3) is 5.92 Å². The van der Waals surface area contributed by atoms with E-state index in [0.717, 1.165) is 5.56 Å². The number of rotatable bonds is 6. The summed E-state index contributed by atoms with van der Waals surface area (Å²) < 4.78 is 44.3. The zero-order chi connectivity index (χ0) is 18.5. The molecule has 1 amide bonds. The van der Waals surface area contributed by atoms with Gasteiger partial charge in [0, 0.05) is 6.61 Å². The van der Waals surface area contributed by atoms with E-state index in [4.69, 9.17) is 14.2 Å². The molecular weight excluding hydrogens is 332 g/mol. The van der Waals surface area contributed by atoms with Gasteiger partial charge in [-0.05, 0) is 32.8 Å². The zero-order valence-electron chi connectivity index (χ0n) is 14.8. The quantitative estimate of drug-likeness (QED) is 0.846. The first kappa shape index (κ1) is 19.6. The number of halogens is 2. The Morgan fingerprint density at radius 1 is 1.28 bits per heavy atom. The highest BCUT2D eigenvalue weighted by atomic mass is 19.3. The van der Waals surface area contributed by atoms with Crippen LogP contribution in [0.25, 0.3) is 0 Å². The molecule has 0 unspecified atom stereocenters. The van der Waals surface area contributed by atoms with Crippen LogP contribution >= 0.6 is 0 Å². The van der Waals surface area contributed by atoms with Gasteiger partial charge in [0.05, 0.1) is 12.6 Å². The Morgan fingerprint density at radius 2 is 1.96 bits per heavy atom. The minimum absolute atomic E-state index is 0.0906. The summed E-state index contributed by atoms with van der Waals surface area (Å²) in [5.41, 5.74) is 0.120. The van der Waals surface area contributed by atoms with E-state index in [-0.39, 0.29) is 13.2 Å². The van der Waals surface area contributed by atoms with Gasteiger partial charge in [-0.2, -0.15) is 0 Å². The number of amides is 1. The van der Waals surface area contributed by atoms with Crippen molar-refractivity contribution in [2.24, 2.45) is 0 Å². The number of ether oxygens (including phenoxy) is 3. The van der Waals surface area contributed by atoms with E-state index in [0.29, 0.717) is 6.42 Å². The summed E-state index contributed by atoms with van der Waals surface area (Å²) in [6.45, 7) is 4.59. The Balaban J connectivity index is 1.87. The third-order valence-corrected chi connectivity index (χ3v) is 3.62. The lowest BCUT2D eigenvalue weighted by Gasteiger charge is -2.28. The Morgan fingerprint density at radius 3 is 2.60 bits per heavy atom. The lowest BCUT2D eigenvalue weighted by molar-refractivity contribution is -0.161. The molecule has 0 bridgehead atoms. The van der Waals surface area contributed by atoms with Gasteiger partial charge < -0.3 is 19.5 Å². The Bertz CT molecular complexity index is 560. The van der Waals surface area contributed by atoms with Gasteiger partial charge in [0.15, 0.2) is 0 Å². The molecule has 0 aliphatic carbocycles. The fourth-order valence-electron chi connectivity index (χ4n) is 2.57. The van der Waals surface area contributed by atoms with Gasteiger partial charge in [-0.25, -0.2) is 13.6 Å². The van der Waals surface area contributed by atoms with Crippen molar-refractivity contribution in [2.75, 3.05) is 13.2 Å². The molecule has 0 radical (unpaired) electrons. The monoisotopic (exact) mass is 357 g/mol. The van der Waals surface area contributed by atoms with Crippen LogP contribution in [0, 0.1) is 0 Å². The van der Waals surface area contributed by atoms with Crippen molar-refractivity contribution in [2.45, 2.75) is 57.5 Å². The van der Waals surface area contributed by atoms with Crippen LogP contribution in [-0.4, -0.2) is 43.0 Å². The molecule has 5 nitrogen and oxygen atoms in total. The fraction of sp³-hybridized carbons (Fsp3) is 0.611. The van der Waals surface area contributed by atoms with Crippen LogP contribution in [-0.2, 0) is 20.8 Å². The summed E-state index contributed by atoms with van der Waals surface area (Å²) in [4.78, 5) is 11.8. The number of hydrogen-bond donors (Lipinski definition) is 1. The van der Waals surface area contributed by atoms with Gasteiger partial charge in [0.2, 0.25) is 0 Å². The van der Waals surface area contributed by atoms with Crippen molar-refractivity contribution in [3.05, 3.63) is 35.9 Å². The SMILES string of the molecule is CC(C)(C)OC(=O)N[C@@H]1CCO[C@@H]1C(F)(F)COCc1ccccc1. The summed E-state index contributed by atoms with van der Waals surface area (Å²) in [5.74, 6) is -3.22. The lowest BCUT2D eigenvalue weighted by atomic mass is 10.1. The van der Waals surface area contributed by atoms with Crippen LogP contribution in [0.3, 0.4) is 0 Å². The Hall–Kier alpha value is -1.73. The number of hydrogen-bond acceptors (Lipinski definition) is 4. The highest BCUT2D eigenvalue weighted by Crippen LogP contribution is 2.30. The molecule has 0 saturated carbocycles. The van der Waals surface area contributed by atoms with E-state index >= 15 is 0 Å². The molecule has 25 heavy (non-hydrogen) atoms.